The van der Waals surface area contributed by atoms with Crippen molar-refractivity contribution < 1.29 is 9.32 Å². The maximum absolute atomic E-state index is 13.3. The van der Waals surface area contributed by atoms with Crippen molar-refractivity contribution in [1.29, 1.82) is 0 Å². The lowest BCUT2D eigenvalue weighted by atomic mass is 10.0. The van der Waals surface area contributed by atoms with Gasteiger partial charge in [-0.2, -0.15) is 4.98 Å². The third-order valence-electron chi connectivity index (χ3n) is 5.32. The van der Waals surface area contributed by atoms with E-state index in [0.717, 1.165) is 48.7 Å². The van der Waals surface area contributed by atoms with E-state index in [1.807, 2.05) is 35.2 Å². The molecule has 1 saturated carbocycles. The fraction of sp³-hybridized carbons (Fsp3) is 0.400. The molecule has 3 heterocycles. The predicted octanol–water partition coefficient (Wildman–Crippen LogP) is 3.86. The van der Waals surface area contributed by atoms with Crippen LogP contribution in [0, 0.1) is 0 Å². The third kappa shape index (κ3) is 2.66. The summed E-state index contributed by atoms with van der Waals surface area (Å²) < 4.78 is 5.53. The van der Waals surface area contributed by atoms with Crippen molar-refractivity contribution >= 4 is 16.7 Å². The minimum absolute atomic E-state index is 0.0577. The molecular formula is C20H20N4O2. The Hall–Kier alpha value is -2.76. The van der Waals surface area contributed by atoms with Crippen LogP contribution in [-0.4, -0.2) is 32.5 Å². The summed E-state index contributed by atoms with van der Waals surface area (Å²) in [6.07, 6.45) is 6.85. The Morgan fingerprint density at radius 1 is 1.12 bits per heavy atom. The van der Waals surface area contributed by atoms with E-state index in [9.17, 15) is 4.79 Å². The zero-order chi connectivity index (χ0) is 17.5. The zero-order valence-corrected chi connectivity index (χ0v) is 14.5. The van der Waals surface area contributed by atoms with E-state index in [1.54, 1.807) is 6.20 Å². The van der Waals surface area contributed by atoms with Crippen LogP contribution < -0.4 is 0 Å². The number of carbonyl (C=O) groups excluding carboxylic acids is 1. The van der Waals surface area contributed by atoms with Crippen LogP contribution in [0.5, 0.6) is 0 Å². The highest BCUT2D eigenvalue weighted by Crippen LogP contribution is 2.39. The van der Waals surface area contributed by atoms with Crippen molar-refractivity contribution in [3.63, 3.8) is 0 Å². The molecule has 6 heteroatoms. The van der Waals surface area contributed by atoms with Gasteiger partial charge in [-0.15, -0.1) is 0 Å². The number of likely N-dealkylation sites (tertiary alicyclic amines) is 1. The molecule has 132 valence electrons. The summed E-state index contributed by atoms with van der Waals surface area (Å²) in [4.78, 5) is 24.2. The quantitative estimate of drug-likeness (QED) is 0.718. The van der Waals surface area contributed by atoms with Gasteiger partial charge in [-0.05, 0) is 43.6 Å². The minimum atomic E-state index is -0.156. The Morgan fingerprint density at radius 3 is 2.88 bits per heavy atom. The number of piperidine rings is 1. The van der Waals surface area contributed by atoms with Gasteiger partial charge in [-0.1, -0.05) is 29.4 Å². The van der Waals surface area contributed by atoms with Crippen molar-refractivity contribution in [3.8, 4) is 0 Å². The largest absolute Gasteiger partial charge is 0.337 e. The van der Waals surface area contributed by atoms with Gasteiger partial charge in [0.15, 0.2) is 5.82 Å². The molecule has 26 heavy (non-hydrogen) atoms. The molecule has 1 aliphatic heterocycles. The Bertz CT molecular complexity index is 958. The van der Waals surface area contributed by atoms with Crippen molar-refractivity contribution in [2.45, 2.75) is 44.1 Å². The third-order valence-corrected chi connectivity index (χ3v) is 5.32. The highest BCUT2D eigenvalue weighted by Gasteiger charge is 2.36. The molecule has 1 unspecified atom stereocenters. The van der Waals surface area contributed by atoms with Crippen molar-refractivity contribution in [3.05, 3.63) is 53.9 Å². The van der Waals surface area contributed by atoms with Gasteiger partial charge in [0.25, 0.3) is 5.91 Å². The van der Waals surface area contributed by atoms with Crippen LogP contribution in [-0.2, 0) is 0 Å². The predicted molar refractivity (Wildman–Crippen MR) is 95.6 cm³/mol. The SMILES string of the molecule is O=C(c1nccc2ccccc12)N1CCCCC1c1nc(C2CC2)no1. The number of amides is 1. The number of nitrogens with zero attached hydrogens (tertiary/aromatic N) is 4. The summed E-state index contributed by atoms with van der Waals surface area (Å²) in [7, 11) is 0. The van der Waals surface area contributed by atoms with Gasteiger partial charge >= 0.3 is 0 Å². The van der Waals surface area contributed by atoms with Gasteiger partial charge in [0, 0.05) is 24.0 Å². The molecule has 1 aliphatic carbocycles. The number of carbonyl (C=O) groups is 1. The molecule has 2 aromatic heterocycles. The molecular weight excluding hydrogens is 328 g/mol. The van der Waals surface area contributed by atoms with Crippen molar-refractivity contribution in [2.24, 2.45) is 0 Å². The molecule has 1 amide bonds. The topological polar surface area (TPSA) is 72.1 Å². The Labute approximate surface area is 151 Å². The van der Waals surface area contributed by atoms with E-state index in [4.69, 9.17) is 4.52 Å². The van der Waals surface area contributed by atoms with Crippen LogP contribution >= 0.6 is 0 Å². The molecule has 0 bridgehead atoms. The summed E-state index contributed by atoms with van der Waals surface area (Å²) in [6.45, 7) is 0.690. The normalized spacial score (nSPS) is 20.5. The fourth-order valence-electron chi connectivity index (χ4n) is 3.75. The fourth-order valence-corrected chi connectivity index (χ4v) is 3.75. The van der Waals surface area contributed by atoms with Crippen molar-refractivity contribution in [2.75, 3.05) is 6.54 Å². The maximum atomic E-state index is 13.3. The van der Waals surface area contributed by atoms with Gasteiger partial charge in [-0.3, -0.25) is 9.78 Å². The molecule has 2 aliphatic rings. The molecule has 1 saturated heterocycles. The monoisotopic (exact) mass is 348 g/mol. The molecule has 2 fully saturated rings. The summed E-state index contributed by atoms with van der Waals surface area (Å²) in [5.74, 6) is 1.75. The lowest BCUT2D eigenvalue weighted by molar-refractivity contribution is 0.0557. The number of pyridine rings is 1. The molecule has 0 spiro atoms. The minimum Gasteiger partial charge on any atom is -0.337 e. The lowest BCUT2D eigenvalue weighted by Crippen LogP contribution is -2.39. The first-order valence-electron chi connectivity index (χ1n) is 9.29. The van der Waals surface area contributed by atoms with E-state index in [1.165, 1.54) is 0 Å². The van der Waals surface area contributed by atoms with Gasteiger partial charge < -0.3 is 9.42 Å². The first-order valence-corrected chi connectivity index (χ1v) is 9.29. The average molecular weight is 348 g/mol. The van der Waals surface area contributed by atoms with E-state index in [0.29, 0.717) is 24.0 Å². The molecule has 3 aromatic rings. The molecule has 0 radical (unpaired) electrons. The van der Waals surface area contributed by atoms with E-state index < -0.39 is 0 Å². The second-order valence-electron chi connectivity index (χ2n) is 7.16. The van der Waals surface area contributed by atoms with Crippen LogP contribution in [0.2, 0.25) is 0 Å². The lowest BCUT2D eigenvalue weighted by Gasteiger charge is -2.33. The summed E-state index contributed by atoms with van der Waals surface area (Å²) in [5, 5.41) is 6.03. The van der Waals surface area contributed by atoms with Crippen LogP contribution in [0.25, 0.3) is 10.8 Å². The number of hydrogen-bond donors (Lipinski definition) is 0. The van der Waals surface area contributed by atoms with Gasteiger partial charge in [0.05, 0.1) is 0 Å². The maximum Gasteiger partial charge on any atom is 0.273 e. The molecule has 6 nitrogen and oxygen atoms in total. The van der Waals surface area contributed by atoms with Crippen LogP contribution in [0.3, 0.4) is 0 Å². The Balaban J connectivity index is 1.50. The summed E-state index contributed by atoms with van der Waals surface area (Å²) >= 11 is 0. The van der Waals surface area contributed by atoms with E-state index >= 15 is 0 Å². The Morgan fingerprint density at radius 2 is 2.00 bits per heavy atom. The van der Waals surface area contributed by atoms with Crippen LogP contribution in [0.1, 0.15) is 66.3 Å². The number of rotatable bonds is 3. The second kappa shape index (κ2) is 6.20. The van der Waals surface area contributed by atoms with E-state index in [2.05, 4.69) is 15.1 Å². The average Bonchev–Trinajstić information content (AvgIpc) is 3.44. The number of fused-ring (bicyclic) bond motifs is 1. The van der Waals surface area contributed by atoms with Crippen LogP contribution in [0.4, 0.5) is 0 Å². The first kappa shape index (κ1) is 15.5. The Kier molecular flexibility index (Phi) is 3.69. The highest BCUT2D eigenvalue weighted by atomic mass is 16.5. The van der Waals surface area contributed by atoms with Gasteiger partial charge in [-0.25, -0.2) is 0 Å². The molecule has 1 atom stereocenters. The smallest absolute Gasteiger partial charge is 0.273 e. The van der Waals surface area contributed by atoms with Gasteiger partial charge in [0.2, 0.25) is 5.89 Å². The molecule has 1 aromatic carbocycles. The second-order valence-corrected chi connectivity index (χ2v) is 7.16. The van der Waals surface area contributed by atoms with E-state index in [-0.39, 0.29) is 11.9 Å². The van der Waals surface area contributed by atoms with Crippen molar-refractivity contribution in [1.82, 2.24) is 20.0 Å². The zero-order valence-electron chi connectivity index (χ0n) is 14.5. The standard InChI is InChI=1S/C20H20N4O2/c25-20(17-15-6-2-1-5-13(15)10-11-21-17)24-12-4-3-7-16(24)19-22-18(23-26-19)14-8-9-14/h1-2,5-6,10-11,14,16H,3-4,7-9,12H2. The molecule has 5 rings (SSSR count). The first-order chi connectivity index (χ1) is 12.8. The van der Waals surface area contributed by atoms with Crippen LogP contribution in [0.15, 0.2) is 41.1 Å². The van der Waals surface area contributed by atoms with Gasteiger partial charge in [0.1, 0.15) is 11.7 Å². The highest BCUT2D eigenvalue weighted by molar-refractivity contribution is 6.05. The summed E-state index contributed by atoms with van der Waals surface area (Å²) in [6, 6.07) is 9.64. The number of hydrogen-bond acceptors (Lipinski definition) is 5. The number of benzene rings is 1. The number of aromatic nitrogens is 3. The summed E-state index contributed by atoms with van der Waals surface area (Å²) in [5.41, 5.74) is 0.497. The molecule has 0 N–H and O–H groups in total.